The highest BCUT2D eigenvalue weighted by Gasteiger charge is 2.20. The highest BCUT2D eigenvalue weighted by molar-refractivity contribution is 7.13. The molecule has 1 aliphatic heterocycles. The molecule has 0 atom stereocenters. The lowest BCUT2D eigenvalue weighted by atomic mass is 10.0. The van der Waals surface area contributed by atoms with Crippen molar-refractivity contribution < 1.29 is 0 Å². The van der Waals surface area contributed by atoms with Crippen LogP contribution in [0, 0.1) is 0 Å². The molecule has 0 spiro atoms. The van der Waals surface area contributed by atoms with Crippen molar-refractivity contribution in [3.8, 4) is 10.7 Å². The molecule has 0 radical (unpaired) electrons. The number of pyridine rings is 1. The highest BCUT2D eigenvalue weighted by Crippen LogP contribution is 2.23. The van der Waals surface area contributed by atoms with E-state index in [0.29, 0.717) is 6.04 Å². The van der Waals surface area contributed by atoms with Crippen LogP contribution in [0.1, 0.15) is 25.5 Å². The standard InChI is InChI=1S/C16H22N4S/c1-2-20(14-6-9-17-10-7-14)11-13-12-21-16(19-13)15-5-3-4-8-18-15/h3-5,8,12,14,17H,2,6-7,9-11H2,1H3. The van der Waals surface area contributed by atoms with E-state index in [2.05, 4.69) is 27.5 Å². The maximum absolute atomic E-state index is 4.76. The van der Waals surface area contributed by atoms with Gasteiger partial charge in [0.25, 0.3) is 0 Å². The Hall–Kier alpha value is -1.30. The van der Waals surface area contributed by atoms with Crippen LogP contribution < -0.4 is 5.32 Å². The van der Waals surface area contributed by atoms with E-state index in [1.165, 1.54) is 18.5 Å². The normalized spacial score (nSPS) is 16.5. The summed E-state index contributed by atoms with van der Waals surface area (Å²) in [6.07, 6.45) is 4.31. The third-order valence-corrected chi connectivity index (χ3v) is 4.95. The van der Waals surface area contributed by atoms with Gasteiger partial charge in [-0.3, -0.25) is 9.88 Å². The van der Waals surface area contributed by atoms with Crippen LogP contribution in [0.15, 0.2) is 29.8 Å². The maximum atomic E-state index is 4.76. The molecule has 0 aliphatic carbocycles. The second kappa shape index (κ2) is 7.11. The summed E-state index contributed by atoms with van der Waals surface area (Å²) in [6.45, 7) is 6.55. The molecule has 2 aromatic rings. The molecule has 3 rings (SSSR count). The molecule has 1 saturated heterocycles. The van der Waals surface area contributed by atoms with Crippen LogP contribution in [-0.4, -0.2) is 40.5 Å². The smallest absolute Gasteiger partial charge is 0.142 e. The highest BCUT2D eigenvalue weighted by atomic mass is 32.1. The minimum atomic E-state index is 0.691. The Kier molecular flexibility index (Phi) is 4.95. The SMILES string of the molecule is CCN(Cc1csc(-c2ccccn2)n1)C1CCNCC1. The van der Waals surface area contributed by atoms with E-state index in [4.69, 9.17) is 4.98 Å². The van der Waals surface area contributed by atoms with Gasteiger partial charge in [0.15, 0.2) is 0 Å². The Bertz CT molecular complexity index is 548. The fourth-order valence-corrected chi connectivity index (χ4v) is 3.65. The van der Waals surface area contributed by atoms with E-state index in [1.54, 1.807) is 11.3 Å². The topological polar surface area (TPSA) is 41.1 Å². The quantitative estimate of drug-likeness (QED) is 0.922. The first kappa shape index (κ1) is 14.6. The Balaban J connectivity index is 1.68. The molecule has 1 N–H and O–H groups in total. The molecular formula is C16H22N4S. The number of nitrogens with zero attached hydrogens (tertiary/aromatic N) is 3. The lowest BCUT2D eigenvalue weighted by molar-refractivity contribution is 0.161. The van der Waals surface area contributed by atoms with Gasteiger partial charge in [0.2, 0.25) is 0 Å². The summed E-state index contributed by atoms with van der Waals surface area (Å²) in [4.78, 5) is 11.7. The zero-order valence-corrected chi connectivity index (χ0v) is 13.3. The zero-order valence-electron chi connectivity index (χ0n) is 12.5. The first-order chi connectivity index (χ1) is 10.4. The van der Waals surface area contributed by atoms with Crippen LogP contribution in [0.4, 0.5) is 0 Å². The van der Waals surface area contributed by atoms with Crippen molar-refractivity contribution in [3.05, 3.63) is 35.5 Å². The Morgan fingerprint density at radius 1 is 1.33 bits per heavy atom. The molecule has 3 heterocycles. The summed E-state index contributed by atoms with van der Waals surface area (Å²) in [5, 5.41) is 6.63. The van der Waals surface area contributed by atoms with Gasteiger partial charge in [-0.15, -0.1) is 11.3 Å². The Labute approximate surface area is 130 Å². The number of nitrogens with one attached hydrogen (secondary N) is 1. The molecule has 21 heavy (non-hydrogen) atoms. The van der Waals surface area contributed by atoms with Crippen LogP contribution >= 0.6 is 11.3 Å². The fourth-order valence-electron chi connectivity index (χ4n) is 2.87. The summed E-state index contributed by atoms with van der Waals surface area (Å²) < 4.78 is 0. The lowest BCUT2D eigenvalue weighted by Gasteiger charge is -2.33. The molecule has 0 unspecified atom stereocenters. The zero-order chi connectivity index (χ0) is 14.5. The van der Waals surface area contributed by atoms with Crippen molar-refractivity contribution in [2.45, 2.75) is 32.4 Å². The van der Waals surface area contributed by atoms with E-state index >= 15 is 0 Å². The molecule has 0 saturated carbocycles. The lowest BCUT2D eigenvalue weighted by Crippen LogP contribution is -2.42. The Morgan fingerprint density at radius 3 is 2.90 bits per heavy atom. The van der Waals surface area contributed by atoms with E-state index in [0.717, 1.165) is 36.9 Å². The molecule has 112 valence electrons. The number of hydrogen-bond acceptors (Lipinski definition) is 5. The van der Waals surface area contributed by atoms with Gasteiger partial charge in [0.05, 0.1) is 11.4 Å². The van der Waals surface area contributed by atoms with E-state index in [-0.39, 0.29) is 0 Å². The van der Waals surface area contributed by atoms with Crippen LogP contribution in [0.2, 0.25) is 0 Å². The number of aromatic nitrogens is 2. The van der Waals surface area contributed by atoms with Crippen molar-refractivity contribution >= 4 is 11.3 Å². The number of piperidine rings is 1. The van der Waals surface area contributed by atoms with Gasteiger partial charge in [-0.2, -0.15) is 0 Å². The molecule has 2 aromatic heterocycles. The Morgan fingerprint density at radius 2 is 2.19 bits per heavy atom. The predicted octanol–water partition coefficient (Wildman–Crippen LogP) is 2.78. The number of rotatable bonds is 5. The molecule has 5 heteroatoms. The van der Waals surface area contributed by atoms with Crippen LogP contribution in [0.3, 0.4) is 0 Å². The summed E-state index contributed by atoms with van der Waals surface area (Å²) >= 11 is 1.69. The van der Waals surface area contributed by atoms with Crippen LogP contribution in [-0.2, 0) is 6.54 Å². The summed E-state index contributed by atoms with van der Waals surface area (Å²) in [6, 6.07) is 6.66. The summed E-state index contributed by atoms with van der Waals surface area (Å²) in [5.74, 6) is 0. The predicted molar refractivity (Wildman–Crippen MR) is 87.3 cm³/mol. The van der Waals surface area contributed by atoms with Gasteiger partial charge in [0, 0.05) is 24.2 Å². The summed E-state index contributed by atoms with van der Waals surface area (Å²) in [7, 11) is 0. The van der Waals surface area contributed by atoms with Crippen molar-refractivity contribution in [3.63, 3.8) is 0 Å². The van der Waals surface area contributed by atoms with E-state index in [9.17, 15) is 0 Å². The minimum Gasteiger partial charge on any atom is -0.317 e. The van der Waals surface area contributed by atoms with Crippen LogP contribution in [0.5, 0.6) is 0 Å². The molecule has 0 amide bonds. The average Bonchev–Trinajstić information content (AvgIpc) is 3.03. The van der Waals surface area contributed by atoms with Crippen molar-refractivity contribution in [2.24, 2.45) is 0 Å². The van der Waals surface area contributed by atoms with Crippen molar-refractivity contribution in [1.82, 2.24) is 20.2 Å². The van der Waals surface area contributed by atoms with Gasteiger partial charge in [-0.25, -0.2) is 4.98 Å². The first-order valence-electron chi connectivity index (χ1n) is 7.67. The van der Waals surface area contributed by atoms with Gasteiger partial charge in [-0.05, 0) is 44.6 Å². The monoisotopic (exact) mass is 302 g/mol. The largest absolute Gasteiger partial charge is 0.317 e. The van der Waals surface area contributed by atoms with Gasteiger partial charge < -0.3 is 5.32 Å². The minimum absolute atomic E-state index is 0.691. The van der Waals surface area contributed by atoms with Gasteiger partial charge in [-0.1, -0.05) is 13.0 Å². The third-order valence-electron chi connectivity index (χ3n) is 4.03. The van der Waals surface area contributed by atoms with Crippen LogP contribution in [0.25, 0.3) is 10.7 Å². The van der Waals surface area contributed by atoms with Crippen molar-refractivity contribution in [1.29, 1.82) is 0 Å². The molecule has 1 fully saturated rings. The second-order valence-corrected chi connectivity index (χ2v) is 6.26. The molecule has 0 bridgehead atoms. The maximum Gasteiger partial charge on any atom is 0.142 e. The third kappa shape index (κ3) is 3.67. The molecule has 4 nitrogen and oxygen atoms in total. The summed E-state index contributed by atoms with van der Waals surface area (Å²) in [5.41, 5.74) is 2.14. The molecular weight excluding hydrogens is 280 g/mol. The van der Waals surface area contributed by atoms with E-state index < -0.39 is 0 Å². The number of hydrogen-bond donors (Lipinski definition) is 1. The van der Waals surface area contributed by atoms with Gasteiger partial charge >= 0.3 is 0 Å². The van der Waals surface area contributed by atoms with Gasteiger partial charge in [0.1, 0.15) is 5.01 Å². The molecule has 1 aliphatic rings. The number of thiazole rings is 1. The first-order valence-corrected chi connectivity index (χ1v) is 8.55. The molecule has 0 aromatic carbocycles. The van der Waals surface area contributed by atoms with Crippen molar-refractivity contribution in [2.75, 3.05) is 19.6 Å². The fraction of sp³-hybridized carbons (Fsp3) is 0.500. The van der Waals surface area contributed by atoms with E-state index in [1.807, 2.05) is 24.4 Å². The second-order valence-electron chi connectivity index (χ2n) is 5.40. The average molecular weight is 302 g/mol.